The van der Waals surface area contributed by atoms with E-state index in [0.717, 1.165) is 19.1 Å². The Balaban J connectivity index is -0.00000178. The number of likely N-dealkylation sites (N-methyl/N-ethyl adjacent to an activating group) is 1. The fourth-order valence-electron chi connectivity index (χ4n) is 4.37. The summed E-state index contributed by atoms with van der Waals surface area (Å²) < 4.78 is 17.9. The predicted molar refractivity (Wildman–Crippen MR) is 206 cm³/mol. The molecule has 1 unspecified atom stereocenters. The van der Waals surface area contributed by atoms with Gasteiger partial charge in [0.15, 0.2) is 0 Å². The molecule has 15 heteroatoms. The lowest BCUT2D eigenvalue weighted by Gasteiger charge is -2.36. The molecule has 0 saturated heterocycles. The molecule has 0 aromatic heterocycles. The first-order valence-corrected chi connectivity index (χ1v) is 18.9. The highest BCUT2D eigenvalue weighted by atomic mass is 16.5. The highest BCUT2D eigenvalue weighted by Gasteiger charge is 2.32. The van der Waals surface area contributed by atoms with Crippen molar-refractivity contribution in [2.75, 3.05) is 66.3 Å². The maximum atomic E-state index is 12.0. The summed E-state index contributed by atoms with van der Waals surface area (Å²) in [6.07, 6.45) is 4.40. The van der Waals surface area contributed by atoms with E-state index < -0.39 is 5.54 Å². The quantitative estimate of drug-likeness (QED) is 0.0508. The van der Waals surface area contributed by atoms with Crippen LogP contribution < -0.4 is 27.0 Å². The van der Waals surface area contributed by atoms with E-state index in [1.165, 1.54) is 0 Å². The largest absolute Gasteiger partial charge is 0.379 e. The number of unbranched alkanes of at least 4 members (excludes halogenated alkanes) is 1. The Morgan fingerprint density at radius 3 is 1.55 bits per heavy atom. The minimum absolute atomic E-state index is 0.0321. The number of rotatable bonds is 31. The lowest BCUT2D eigenvalue weighted by Crippen LogP contribution is -2.59. The van der Waals surface area contributed by atoms with Crippen LogP contribution in [0.5, 0.6) is 0 Å². The zero-order chi connectivity index (χ0) is 41.1. The van der Waals surface area contributed by atoms with Crippen molar-refractivity contribution in [1.82, 2.24) is 21.3 Å². The van der Waals surface area contributed by atoms with Crippen molar-refractivity contribution < 1.29 is 47.8 Å². The number of nitrogens with two attached hydrogens (primary N) is 1. The first-order valence-electron chi connectivity index (χ1n) is 18.9. The Bertz CT molecular complexity index is 1010. The van der Waals surface area contributed by atoms with Crippen molar-refractivity contribution in [3.05, 3.63) is 0 Å². The van der Waals surface area contributed by atoms with Crippen molar-refractivity contribution in [3.63, 3.8) is 0 Å². The van der Waals surface area contributed by atoms with Crippen LogP contribution >= 0.6 is 0 Å². The van der Waals surface area contributed by atoms with Gasteiger partial charge in [0.25, 0.3) is 0 Å². The number of hydrogen-bond acceptors (Lipinski definition) is 12. The van der Waals surface area contributed by atoms with Crippen LogP contribution in [0.1, 0.15) is 107 Å². The molecule has 6 N–H and O–H groups in total. The Morgan fingerprint density at radius 1 is 0.604 bits per heavy atom. The summed E-state index contributed by atoms with van der Waals surface area (Å²) in [5, 5.41) is 12.2. The van der Waals surface area contributed by atoms with Gasteiger partial charge in [-0.05, 0) is 19.9 Å². The minimum atomic E-state index is -0.658. The van der Waals surface area contributed by atoms with Crippen LogP contribution in [0.15, 0.2) is 0 Å². The van der Waals surface area contributed by atoms with Crippen LogP contribution in [0.4, 0.5) is 0 Å². The van der Waals surface area contributed by atoms with E-state index in [9.17, 15) is 28.8 Å². The highest BCUT2D eigenvalue weighted by Crippen LogP contribution is 2.12. The number of carbonyl (C=O) groups is 7. The molecule has 0 spiro atoms. The highest BCUT2D eigenvalue weighted by molar-refractivity contribution is 5.86. The number of hydrogen-bond donors (Lipinski definition) is 5. The standard InChI is InChI=1S/C30H58N4O7.C7H12O2.CH3NO/c1-23(2)26(35)10-11-28(37)32-14-8-9-17-39-20-30(34-25(5)6,21-40-18-12-27(36)24(3)4)22-41-19-13-29(38)33-16-15-31-7;1-6(2)7(9)4-3-5-8;2-1-3/h23-25,31,34H,8-22H2,1-7H3,(H,32,37)(H,33,38);5-6H,3-4H2,1-2H3;1H,(H2,2,3). The molecule has 3 amide bonds. The normalized spacial score (nSPS) is 11.9. The molecular weight excluding hydrogens is 686 g/mol. The van der Waals surface area contributed by atoms with E-state index in [4.69, 9.17) is 19.0 Å². The summed E-state index contributed by atoms with van der Waals surface area (Å²) in [5.41, 5.74) is 3.51. The molecule has 0 aromatic carbocycles. The Kier molecular flexibility index (Phi) is 36.7. The van der Waals surface area contributed by atoms with Gasteiger partial charge in [0.2, 0.25) is 18.2 Å². The summed E-state index contributed by atoms with van der Waals surface area (Å²) in [5.74, 6) is 0.231. The number of ether oxygens (including phenoxy) is 3. The van der Waals surface area contributed by atoms with E-state index in [1.807, 2.05) is 62.4 Å². The lowest BCUT2D eigenvalue weighted by atomic mass is 10.0. The van der Waals surface area contributed by atoms with Gasteiger partial charge in [-0.1, -0.05) is 55.4 Å². The van der Waals surface area contributed by atoms with E-state index in [-0.39, 0.29) is 98.5 Å². The third-order valence-electron chi connectivity index (χ3n) is 7.47. The topological polar surface area (TPSA) is 221 Å². The maximum Gasteiger partial charge on any atom is 0.222 e. The SMILES string of the molecule is CC(C)C(=O)CCC=O.CNCCNC(=O)CCOCC(COCCCCNC(=O)CCC(=O)C(C)C)(COCCC(=O)C(C)C)NC(C)C.NC=O. The second kappa shape index (κ2) is 35.9. The number of primary amides is 1. The van der Waals surface area contributed by atoms with E-state index in [0.29, 0.717) is 58.7 Å². The van der Waals surface area contributed by atoms with Crippen molar-refractivity contribution in [2.24, 2.45) is 23.5 Å². The van der Waals surface area contributed by atoms with Gasteiger partial charge in [0.1, 0.15) is 23.6 Å². The molecule has 0 radical (unpaired) electrons. The number of aldehydes is 1. The maximum absolute atomic E-state index is 12.0. The number of Topliss-reactive ketones (excluding diaryl/α,β-unsaturated/α-hetero) is 3. The first-order chi connectivity index (χ1) is 25.0. The summed E-state index contributed by atoms with van der Waals surface area (Å²) in [7, 11) is 1.83. The van der Waals surface area contributed by atoms with Gasteiger partial charge in [0.05, 0.1) is 38.6 Å². The molecule has 0 aliphatic heterocycles. The average molecular weight is 760 g/mol. The average Bonchev–Trinajstić information content (AvgIpc) is 3.09. The minimum Gasteiger partial charge on any atom is -0.379 e. The van der Waals surface area contributed by atoms with Crippen LogP contribution in [-0.2, 0) is 47.8 Å². The molecule has 1 atom stereocenters. The van der Waals surface area contributed by atoms with E-state index in [2.05, 4.69) is 27.0 Å². The third-order valence-corrected chi connectivity index (χ3v) is 7.47. The molecule has 53 heavy (non-hydrogen) atoms. The predicted octanol–water partition coefficient (Wildman–Crippen LogP) is 2.31. The molecular formula is C38H73N5O10. The van der Waals surface area contributed by atoms with E-state index >= 15 is 0 Å². The first kappa shape index (κ1) is 54.2. The van der Waals surface area contributed by atoms with Crippen LogP contribution in [-0.4, -0.2) is 120 Å². The molecule has 0 heterocycles. The lowest BCUT2D eigenvalue weighted by molar-refractivity contribution is -0.126. The molecule has 0 aliphatic rings. The summed E-state index contributed by atoms with van der Waals surface area (Å²) in [4.78, 5) is 76.8. The molecule has 0 aromatic rings. The van der Waals surface area contributed by atoms with Crippen molar-refractivity contribution >= 4 is 41.9 Å². The molecule has 0 aliphatic carbocycles. The summed E-state index contributed by atoms with van der Waals surface area (Å²) in [6.45, 7) is 18.9. The van der Waals surface area contributed by atoms with Crippen molar-refractivity contribution in [3.8, 4) is 0 Å². The van der Waals surface area contributed by atoms with Gasteiger partial charge >= 0.3 is 0 Å². The molecule has 310 valence electrons. The van der Waals surface area contributed by atoms with Gasteiger partial charge in [-0.2, -0.15) is 0 Å². The van der Waals surface area contributed by atoms with Crippen LogP contribution in [0.2, 0.25) is 0 Å². The Hall–Kier alpha value is -3.11. The van der Waals surface area contributed by atoms with Gasteiger partial charge < -0.3 is 46.0 Å². The second-order valence-electron chi connectivity index (χ2n) is 14.0. The third kappa shape index (κ3) is 35.7. The number of nitrogens with one attached hydrogen (secondary N) is 4. The monoisotopic (exact) mass is 760 g/mol. The summed E-state index contributed by atoms with van der Waals surface area (Å²) in [6, 6.07) is 0.116. The molecule has 0 fully saturated rings. The molecule has 0 bridgehead atoms. The fourth-order valence-corrected chi connectivity index (χ4v) is 4.37. The molecule has 0 saturated carbocycles. The molecule has 15 nitrogen and oxygen atoms in total. The van der Waals surface area contributed by atoms with Gasteiger partial charge in [-0.15, -0.1) is 0 Å². The van der Waals surface area contributed by atoms with Crippen LogP contribution in [0.3, 0.4) is 0 Å². The number of carbonyl (C=O) groups excluding carboxylic acids is 7. The van der Waals surface area contributed by atoms with Crippen molar-refractivity contribution in [2.45, 2.75) is 118 Å². The van der Waals surface area contributed by atoms with Gasteiger partial charge in [-0.25, -0.2) is 0 Å². The van der Waals surface area contributed by atoms with Crippen LogP contribution in [0.25, 0.3) is 0 Å². The van der Waals surface area contributed by atoms with Gasteiger partial charge in [0, 0.05) is 88.6 Å². The fraction of sp³-hybridized carbons (Fsp3) is 0.816. The van der Waals surface area contributed by atoms with E-state index in [1.54, 1.807) is 0 Å². The number of ketones is 3. The van der Waals surface area contributed by atoms with Gasteiger partial charge in [-0.3, -0.25) is 28.8 Å². The Labute approximate surface area is 318 Å². The Morgan fingerprint density at radius 2 is 1.06 bits per heavy atom. The zero-order valence-corrected chi connectivity index (χ0v) is 34.1. The van der Waals surface area contributed by atoms with Crippen molar-refractivity contribution in [1.29, 1.82) is 0 Å². The zero-order valence-electron chi connectivity index (χ0n) is 34.1. The second-order valence-corrected chi connectivity index (χ2v) is 14.0. The molecule has 0 rings (SSSR count). The number of amides is 3. The van der Waals surface area contributed by atoms with Crippen LogP contribution in [0, 0.1) is 17.8 Å². The summed E-state index contributed by atoms with van der Waals surface area (Å²) >= 11 is 0. The smallest absolute Gasteiger partial charge is 0.222 e.